The van der Waals surface area contributed by atoms with Crippen molar-refractivity contribution in [3.05, 3.63) is 60.1 Å². The van der Waals surface area contributed by atoms with Crippen LogP contribution in [0.3, 0.4) is 0 Å². The van der Waals surface area contributed by atoms with Gasteiger partial charge in [-0.2, -0.15) is 10.5 Å². The van der Waals surface area contributed by atoms with Gasteiger partial charge in [-0.15, -0.1) is 10.2 Å². The number of H-pyrrole nitrogens is 1. The second kappa shape index (κ2) is 6.49. The molecule has 0 saturated carbocycles. The zero-order valence-electron chi connectivity index (χ0n) is 13.8. The number of oxazole rings is 1. The number of rotatable bonds is 4. The van der Waals surface area contributed by atoms with Crippen LogP contribution in [-0.2, 0) is 0 Å². The molecular formula is C18H13N7O. The first-order valence-corrected chi connectivity index (χ1v) is 7.82. The van der Waals surface area contributed by atoms with Gasteiger partial charge in [-0.25, -0.2) is 4.98 Å². The molecule has 2 aromatic carbocycles. The van der Waals surface area contributed by atoms with Crippen LogP contribution >= 0.6 is 0 Å². The molecule has 4 aromatic rings. The third-order valence-corrected chi connectivity index (χ3v) is 3.86. The summed E-state index contributed by atoms with van der Waals surface area (Å²) in [5.74, 6) is 0.768. The summed E-state index contributed by atoms with van der Waals surface area (Å²) >= 11 is 0. The lowest BCUT2D eigenvalue weighted by atomic mass is 10.1. The largest absolute Gasteiger partial charge is 0.436 e. The summed E-state index contributed by atoms with van der Waals surface area (Å²) < 4.78 is 5.82. The minimum Gasteiger partial charge on any atom is -0.436 e. The highest BCUT2D eigenvalue weighted by molar-refractivity contribution is 5.78. The molecule has 0 aliphatic rings. The lowest BCUT2D eigenvalue weighted by molar-refractivity contribution is 0.620. The number of nitriles is 1. The zero-order chi connectivity index (χ0) is 17.9. The molecular weight excluding hydrogens is 330 g/mol. The number of nitrogens with one attached hydrogen (secondary N) is 2. The molecule has 2 aromatic heterocycles. The number of allylic oxidation sites excluding steroid dienone is 1. The Labute approximate surface area is 148 Å². The monoisotopic (exact) mass is 343 g/mol. The van der Waals surface area contributed by atoms with Crippen LogP contribution in [0.1, 0.15) is 11.4 Å². The molecule has 0 unspecified atom stereocenters. The first-order chi connectivity index (χ1) is 12.7. The van der Waals surface area contributed by atoms with Crippen LogP contribution in [0, 0.1) is 18.3 Å². The van der Waals surface area contributed by atoms with Crippen molar-refractivity contribution >= 4 is 22.4 Å². The molecule has 0 amide bonds. The van der Waals surface area contributed by atoms with Crippen LogP contribution in [0.2, 0.25) is 0 Å². The molecule has 4 rings (SSSR count). The molecule has 0 atom stereocenters. The number of hydrogen-bond acceptors (Lipinski definition) is 7. The maximum absolute atomic E-state index is 9.25. The van der Waals surface area contributed by atoms with Crippen LogP contribution in [0.5, 0.6) is 0 Å². The Bertz CT molecular complexity index is 1100. The van der Waals surface area contributed by atoms with Gasteiger partial charge in [-0.05, 0) is 42.0 Å². The van der Waals surface area contributed by atoms with E-state index in [0.29, 0.717) is 5.89 Å². The summed E-state index contributed by atoms with van der Waals surface area (Å²) in [6.45, 7) is 1.96. The number of benzene rings is 2. The normalized spacial score (nSPS) is 11.5. The molecule has 8 heteroatoms. The topological polar surface area (TPSA) is 116 Å². The number of fused-ring (bicyclic) bond motifs is 1. The average Bonchev–Trinajstić information content (AvgIpc) is 3.33. The lowest BCUT2D eigenvalue weighted by Gasteiger charge is -2.07. The Hall–Kier alpha value is -3.99. The highest BCUT2D eigenvalue weighted by atomic mass is 16.3. The van der Waals surface area contributed by atoms with E-state index in [0.717, 1.165) is 27.9 Å². The van der Waals surface area contributed by atoms with Gasteiger partial charge in [0.25, 0.3) is 0 Å². The highest BCUT2D eigenvalue weighted by Gasteiger charge is 2.10. The Balaban J connectivity index is 1.67. The number of nitrogens with zero attached hydrogens (tertiary/aromatic N) is 5. The van der Waals surface area contributed by atoms with E-state index in [2.05, 4.69) is 30.9 Å². The van der Waals surface area contributed by atoms with E-state index in [1.54, 1.807) is 6.20 Å². The van der Waals surface area contributed by atoms with E-state index in [1.807, 2.05) is 55.5 Å². The number of aromatic amines is 1. The number of para-hydroxylation sites is 2. The van der Waals surface area contributed by atoms with E-state index in [1.165, 1.54) is 0 Å². The van der Waals surface area contributed by atoms with Crippen molar-refractivity contribution in [3.8, 4) is 17.5 Å². The van der Waals surface area contributed by atoms with Crippen molar-refractivity contribution in [3.63, 3.8) is 0 Å². The van der Waals surface area contributed by atoms with Gasteiger partial charge in [0.05, 0.1) is 0 Å². The highest BCUT2D eigenvalue weighted by Crippen LogP contribution is 2.28. The van der Waals surface area contributed by atoms with Crippen molar-refractivity contribution in [2.75, 3.05) is 5.32 Å². The standard InChI is InChI=1S/C18H13N7O/c1-11-6-7-12(18-21-14-4-2-3-5-16(14)26-18)8-15(11)20-10-13(9-19)17-22-24-25-23-17/h2-8,10,20H,1H3,(H,22,23,24,25). The van der Waals surface area contributed by atoms with Crippen LogP contribution in [0.25, 0.3) is 28.1 Å². The number of hydrogen-bond donors (Lipinski definition) is 2. The van der Waals surface area contributed by atoms with Gasteiger partial charge in [0, 0.05) is 17.5 Å². The Morgan fingerprint density at radius 3 is 2.92 bits per heavy atom. The molecule has 0 saturated heterocycles. The first-order valence-electron chi connectivity index (χ1n) is 7.82. The summed E-state index contributed by atoms with van der Waals surface area (Å²) in [4.78, 5) is 4.51. The summed E-state index contributed by atoms with van der Waals surface area (Å²) in [6, 6.07) is 15.5. The third-order valence-electron chi connectivity index (χ3n) is 3.86. The predicted octanol–water partition coefficient (Wildman–Crippen LogP) is 3.29. The number of anilines is 1. The van der Waals surface area contributed by atoms with E-state index < -0.39 is 0 Å². The second-order valence-electron chi connectivity index (χ2n) is 5.57. The van der Waals surface area contributed by atoms with Crippen molar-refractivity contribution in [1.29, 1.82) is 5.26 Å². The van der Waals surface area contributed by atoms with Gasteiger partial charge >= 0.3 is 0 Å². The SMILES string of the molecule is Cc1ccc(-c2nc3ccccc3o2)cc1NC=C(C#N)c1nn[nH]n1. The van der Waals surface area contributed by atoms with E-state index in [4.69, 9.17) is 4.42 Å². The quantitative estimate of drug-likeness (QED) is 0.546. The van der Waals surface area contributed by atoms with Gasteiger partial charge in [0.15, 0.2) is 5.58 Å². The Morgan fingerprint density at radius 2 is 2.15 bits per heavy atom. The zero-order valence-corrected chi connectivity index (χ0v) is 13.8. The first kappa shape index (κ1) is 15.5. The van der Waals surface area contributed by atoms with Crippen molar-refractivity contribution < 1.29 is 4.42 Å². The van der Waals surface area contributed by atoms with Gasteiger partial charge in [-0.1, -0.05) is 18.2 Å². The van der Waals surface area contributed by atoms with Crippen molar-refractivity contribution in [2.45, 2.75) is 6.92 Å². The van der Waals surface area contributed by atoms with Crippen LogP contribution < -0.4 is 5.32 Å². The van der Waals surface area contributed by atoms with Crippen molar-refractivity contribution in [1.82, 2.24) is 25.6 Å². The number of aromatic nitrogens is 5. The number of aryl methyl sites for hydroxylation is 1. The summed E-state index contributed by atoms with van der Waals surface area (Å²) in [7, 11) is 0. The maximum Gasteiger partial charge on any atom is 0.227 e. The van der Waals surface area contributed by atoms with Gasteiger partial charge in [-0.3, -0.25) is 0 Å². The molecule has 8 nitrogen and oxygen atoms in total. The van der Waals surface area contributed by atoms with Gasteiger partial charge in [0.1, 0.15) is 17.2 Å². The fourth-order valence-corrected chi connectivity index (χ4v) is 2.48. The molecule has 0 spiro atoms. The van der Waals surface area contributed by atoms with E-state index >= 15 is 0 Å². The fourth-order valence-electron chi connectivity index (χ4n) is 2.48. The molecule has 2 N–H and O–H groups in total. The Morgan fingerprint density at radius 1 is 1.27 bits per heavy atom. The predicted molar refractivity (Wildman–Crippen MR) is 95.6 cm³/mol. The molecule has 0 aliphatic heterocycles. The molecule has 2 heterocycles. The number of tetrazole rings is 1. The third kappa shape index (κ3) is 2.89. The van der Waals surface area contributed by atoms with E-state index in [-0.39, 0.29) is 11.4 Å². The minimum atomic E-state index is 0.229. The molecule has 0 bridgehead atoms. The minimum absolute atomic E-state index is 0.229. The molecule has 26 heavy (non-hydrogen) atoms. The van der Waals surface area contributed by atoms with Crippen LogP contribution in [0.15, 0.2) is 53.1 Å². The molecule has 0 radical (unpaired) electrons. The summed E-state index contributed by atoms with van der Waals surface area (Å²) in [5.41, 5.74) is 4.47. The van der Waals surface area contributed by atoms with Gasteiger partial charge in [0.2, 0.25) is 11.7 Å². The molecule has 126 valence electrons. The van der Waals surface area contributed by atoms with Gasteiger partial charge < -0.3 is 9.73 Å². The van der Waals surface area contributed by atoms with Crippen LogP contribution in [-0.4, -0.2) is 25.6 Å². The van der Waals surface area contributed by atoms with Crippen molar-refractivity contribution in [2.24, 2.45) is 0 Å². The van der Waals surface area contributed by atoms with Crippen LogP contribution in [0.4, 0.5) is 5.69 Å². The van der Waals surface area contributed by atoms with E-state index in [9.17, 15) is 5.26 Å². The smallest absolute Gasteiger partial charge is 0.227 e. The molecule has 0 fully saturated rings. The summed E-state index contributed by atoms with van der Waals surface area (Å²) in [5, 5.41) is 25.8. The lowest BCUT2D eigenvalue weighted by Crippen LogP contribution is -1.95. The average molecular weight is 343 g/mol. The molecule has 0 aliphatic carbocycles. The maximum atomic E-state index is 9.25. The second-order valence-corrected chi connectivity index (χ2v) is 5.57. The fraction of sp³-hybridized carbons (Fsp3) is 0.0556. The Kier molecular flexibility index (Phi) is 3.88. The summed E-state index contributed by atoms with van der Waals surface area (Å²) in [6.07, 6.45) is 1.54.